The molecule has 1 amide bonds. The number of amides is 1. The smallest absolute Gasteiger partial charge is 0.224 e. The molecule has 0 aromatic heterocycles. The fraction of sp³-hybridized carbons (Fsp3) is 0.500. The lowest BCUT2D eigenvalue weighted by Gasteiger charge is -2.17. The van der Waals surface area contributed by atoms with Crippen LogP contribution in [0, 0.1) is 5.41 Å². The van der Waals surface area contributed by atoms with Gasteiger partial charge in [-0.25, -0.2) is 0 Å². The maximum absolute atomic E-state index is 11.8. The summed E-state index contributed by atoms with van der Waals surface area (Å²) >= 11 is 0. The number of hydrogen-bond acceptors (Lipinski definition) is 3. The number of hydrogen-bond donors (Lipinski definition) is 2. The van der Waals surface area contributed by atoms with Crippen molar-refractivity contribution in [2.45, 2.75) is 33.6 Å². The van der Waals surface area contributed by atoms with Gasteiger partial charge < -0.3 is 15.8 Å². The molecule has 0 radical (unpaired) electrons. The zero-order chi connectivity index (χ0) is 13.8. The summed E-state index contributed by atoms with van der Waals surface area (Å²) in [5.74, 6) is 0.599. The average molecular weight is 250 g/mol. The number of anilines is 2. The molecule has 4 nitrogen and oxygen atoms in total. The van der Waals surface area contributed by atoms with Gasteiger partial charge in [0, 0.05) is 12.1 Å². The Kier molecular flexibility index (Phi) is 4.59. The summed E-state index contributed by atoms with van der Waals surface area (Å²) in [5.41, 5.74) is 7.06. The van der Waals surface area contributed by atoms with Crippen molar-refractivity contribution in [3.63, 3.8) is 0 Å². The van der Waals surface area contributed by atoms with Gasteiger partial charge in [-0.3, -0.25) is 4.79 Å². The molecular formula is C14H22N2O2. The molecule has 0 saturated heterocycles. The topological polar surface area (TPSA) is 64.3 Å². The van der Waals surface area contributed by atoms with Crippen LogP contribution in [-0.2, 0) is 4.79 Å². The number of benzene rings is 1. The highest BCUT2D eigenvalue weighted by atomic mass is 16.5. The van der Waals surface area contributed by atoms with Gasteiger partial charge in [0.2, 0.25) is 5.91 Å². The van der Waals surface area contributed by atoms with E-state index in [0.29, 0.717) is 23.5 Å². The highest BCUT2D eigenvalue weighted by Crippen LogP contribution is 2.27. The molecule has 0 atom stereocenters. The van der Waals surface area contributed by atoms with E-state index in [-0.39, 0.29) is 11.3 Å². The predicted molar refractivity (Wildman–Crippen MR) is 74.7 cm³/mol. The first-order valence-electron chi connectivity index (χ1n) is 6.05. The summed E-state index contributed by atoms with van der Waals surface area (Å²) in [6, 6.07) is 5.19. The van der Waals surface area contributed by atoms with Crippen molar-refractivity contribution in [3.05, 3.63) is 18.2 Å². The molecule has 100 valence electrons. The molecule has 1 aromatic rings. The maximum Gasteiger partial charge on any atom is 0.224 e. The summed E-state index contributed by atoms with van der Waals surface area (Å²) in [7, 11) is 1.57. The summed E-state index contributed by atoms with van der Waals surface area (Å²) < 4.78 is 5.18. The lowest BCUT2D eigenvalue weighted by molar-refractivity contribution is -0.116. The second kappa shape index (κ2) is 5.76. The zero-order valence-electron chi connectivity index (χ0n) is 11.5. The Hall–Kier alpha value is -1.71. The molecule has 18 heavy (non-hydrogen) atoms. The molecule has 0 unspecified atom stereocenters. The number of methoxy groups -OCH3 is 1. The van der Waals surface area contributed by atoms with Crippen molar-refractivity contribution >= 4 is 17.3 Å². The second-order valence-corrected chi connectivity index (χ2v) is 5.57. The molecule has 4 heteroatoms. The van der Waals surface area contributed by atoms with E-state index in [1.807, 2.05) is 0 Å². The molecule has 0 fully saturated rings. The Morgan fingerprint density at radius 1 is 1.39 bits per heavy atom. The van der Waals surface area contributed by atoms with E-state index in [9.17, 15) is 4.79 Å². The van der Waals surface area contributed by atoms with Gasteiger partial charge in [-0.1, -0.05) is 20.8 Å². The maximum atomic E-state index is 11.8. The number of nitrogens with one attached hydrogen (secondary N) is 1. The SMILES string of the molecule is COc1ccc(N)cc1NC(=O)CCC(C)(C)C. The highest BCUT2D eigenvalue weighted by Gasteiger charge is 2.14. The van der Waals surface area contributed by atoms with E-state index >= 15 is 0 Å². The second-order valence-electron chi connectivity index (χ2n) is 5.57. The van der Waals surface area contributed by atoms with Gasteiger partial charge in [-0.15, -0.1) is 0 Å². The van der Waals surface area contributed by atoms with Crippen LogP contribution >= 0.6 is 0 Å². The minimum absolute atomic E-state index is 0.0196. The van der Waals surface area contributed by atoms with Crippen molar-refractivity contribution in [3.8, 4) is 5.75 Å². The number of nitrogens with two attached hydrogens (primary N) is 1. The van der Waals surface area contributed by atoms with Crippen molar-refractivity contribution in [1.29, 1.82) is 0 Å². The predicted octanol–water partition coefficient (Wildman–Crippen LogP) is 3.04. The number of carbonyl (C=O) groups excluding carboxylic acids is 1. The molecule has 0 aliphatic rings. The van der Waals surface area contributed by atoms with Crippen LogP contribution in [-0.4, -0.2) is 13.0 Å². The highest BCUT2D eigenvalue weighted by molar-refractivity contribution is 5.92. The first-order valence-corrected chi connectivity index (χ1v) is 6.05. The molecule has 0 spiro atoms. The third kappa shape index (κ3) is 4.65. The number of ether oxygens (including phenoxy) is 1. The van der Waals surface area contributed by atoms with E-state index in [1.165, 1.54) is 0 Å². The molecular weight excluding hydrogens is 228 g/mol. The Morgan fingerprint density at radius 2 is 2.06 bits per heavy atom. The molecule has 0 saturated carbocycles. The third-order valence-electron chi connectivity index (χ3n) is 2.60. The first kappa shape index (κ1) is 14.4. The lowest BCUT2D eigenvalue weighted by Crippen LogP contribution is -2.16. The molecule has 0 bridgehead atoms. The van der Waals surface area contributed by atoms with E-state index in [2.05, 4.69) is 26.1 Å². The van der Waals surface area contributed by atoms with Crippen molar-refractivity contribution in [1.82, 2.24) is 0 Å². The van der Waals surface area contributed by atoms with Crippen molar-refractivity contribution in [2.24, 2.45) is 5.41 Å². The Balaban J connectivity index is 2.66. The Morgan fingerprint density at radius 3 is 2.61 bits per heavy atom. The minimum atomic E-state index is -0.0196. The van der Waals surface area contributed by atoms with E-state index in [4.69, 9.17) is 10.5 Å². The fourth-order valence-electron chi connectivity index (χ4n) is 1.52. The standard InChI is InChI=1S/C14H22N2O2/c1-14(2,3)8-7-13(17)16-11-9-10(15)5-6-12(11)18-4/h5-6,9H,7-8,15H2,1-4H3,(H,16,17). The first-order chi connectivity index (χ1) is 8.31. The number of rotatable bonds is 4. The number of nitrogen functional groups attached to an aromatic ring is 1. The largest absolute Gasteiger partial charge is 0.495 e. The normalized spacial score (nSPS) is 11.1. The summed E-state index contributed by atoms with van der Waals surface area (Å²) in [5, 5.41) is 2.83. The van der Waals surface area contributed by atoms with Gasteiger partial charge >= 0.3 is 0 Å². The molecule has 1 aromatic carbocycles. The van der Waals surface area contributed by atoms with Crippen LogP contribution in [0.25, 0.3) is 0 Å². The quantitative estimate of drug-likeness (QED) is 0.807. The molecule has 0 aliphatic heterocycles. The molecule has 1 rings (SSSR count). The van der Waals surface area contributed by atoms with Crippen LogP contribution in [0.1, 0.15) is 33.6 Å². The van der Waals surface area contributed by atoms with Crippen LogP contribution in [0.4, 0.5) is 11.4 Å². The zero-order valence-corrected chi connectivity index (χ0v) is 11.5. The van der Waals surface area contributed by atoms with Gasteiger partial charge in [0.25, 0.3) is 0 Å². The van der Waals surface area contributed by atoms with Crippen molar-refractivity contribution < 1.29 is 9.53 Å². The van der Waals surface area contributed by atoms with Crippen LogP contribution < -0.4 is 15.8 Å². The summed E-state index contributed by atoms with van der Waals surface area (Å²) in [6.07, 6.45) is 1.32. The molecule has 0 heterocycles. The van der Waals surface area contributed by atoms with Crippen LogP contribution in [0.2, 0.25) is 0 Å². The molecule has 3 N–H and O–H groups in total. The van der Waals surface area contributed by atoms with Gasteiger partial charge in [-0.05, 0) is 30.0 Å². The monoisotopic (exact) mass is 250 g/mol. The van der Waals surface area contributed by atoms with Gasteiger partial charge in [0.05, 0.1) is 12.8 Å². The van der Waals surface area contributed by atoms with E-state index in [1.54, 1.807) is 25.3 Å². The summed E-state index contributed by atoms with van der Waals surface area (Å²) in [6.45, 7) is 6.34. The Bertz CT molecular complexity index is 422. The number of carbonyl (C=O) groups is 1. The van der Waals surface area contributed by atoms with Crippen LogP contribution in [0.15, 0.2) is 18.2 Å². The van der Waals surface area contributed by atoms with Gasteiger partial charge in [0.15, 0.2) is 0 Å². The minimum Gasteiger partial charge on any atom is -0.495 e. The van der Waals surface area contributed by atoms with Gasteiger partial charge in [0.1, 0.15) is 5.75 Å². The van der Waals surface area contributed by atoms with E-state index in [0.717, 1.165) is 6.42 Å². The fourth-order valence-corrected chi connectivity index (χ4v) is 1.52. The van der Waals surface area contributed by atoms with Gasteiger partial charge in [-0.2, -0.15) is 0 Å². The Labute approximate surface area is 109 Å². The summed E-state index contributed by atoms with van der Waals surface area (Å²) in [4.78, 5) is 11.8. The molecule has 0 aliphatic carbocycles. The van der Waals surface area contributed by atoms with Crippen LogP contribution in [0.3, 0.4) is 0 Å². The lowest BCUT2D eigenvalue weighted by atomic mass is 9.90. The average Bonchev–Trinajstić information content (AvgIpc) is 2.26. The third-order valence-corrected chi connectivity index (χ3v) is 2.60. The van der Waals surface area contributed by atoms with Crippen LogP contribution in [0.5, 0.6) is 5.75 Å². The van der Waals surface area contributed by atoms with Crippen molar-refractivity contribution in [2.75, 3.05) is 18.2 Å². The van der Waals surface area contributed by atoms with E-state index < -0.39 is 0 Å².